The first-order chi connectivity index (χ1) is 5.97. The lowest BCUT2D eigenvalue weighted by atomic mass is 10.3. The van der Waals surface area contributed by atoms with Crippen LogP contribution in [-0.2, 0) is 0 Å². The van der Waals surface area contributed by atoms with Gasteiger partial charge in [0.05, 0.1) is 26.2 Å². The average Bonchev–Trinajstić information content (AvgIpc) is 2.09. The van der Waals surface area contributed by atoms with Crippen molar-refractivity contribution in [3.05, 3.63) is 0 Å². The highest BCUT2D eigenvalue weighted by molar-refractivity contribution is 6.28. The van der Waals surface area contributed by atoms with Crippen molar-refractivity contribution in [2.45, 2.75) is 27.7 Å². The Morgan fingerprint density at radius 3 is 0.882 bits per heavy atom. The van der Waals surface area contributed by atoms with Gasteiger partial charge in [-0.15, -0.1) is 0 Å². The van der Waals surface area contributed by atoms with Crippen molar-refractivity contribution >= 4 is 7.32 Å². The number of rotatable bonds is 4. The second-order valence-corrected chi connectivity index (χ2v) is 2.93. The first kappa shape index (κ1) is 36.0. The summed E-state index contributed by atoms with van der Waals surface area (Å²) in [6, 6.07) is 0. The van der Waals surface area contributed by atoms with Crippen LogP contribution < -0.4 is 5.02 Å². The number of quaternary nitrogens is 1. The zero-order chi connectivity index (χ0) is 10.9. The Kier molecular flexibility index (Phi) is 44.3. The van der Waals surface area contributed by atoms with E-state index in [1.54, 1.807) is 0 Å². The number of hydrogen-bond donors (Lipinski definition) is 2. The first-order valence-corrected chi connectivity index (χ1v) is 4.85. The Morgan fingerprint density at radius 2 is 0.882 bits per heavy atom. The van der Waals surface area contributed by atoms with Gasteiger partial charge in [0.2, 0.25) is 0 Å². The SMILES string of the molecule is CC[N+](CC)(CC)CC.F.F.F.F.[O-]B(O)O. The number of hydrogen-bond acceptors (Lipinski definition) is 3. The molecule has 4 nitrogen and oxygen atoms in total. The van der Waals surface area contributed by atoms with Crippen LogP contribution in [0, 0.1) is 0 Å². The molecule has 0 aliphatic carbocycles. The Labute approximate surface area is 100 Å². The van der Waals surface area contributed by atoms with Gasteiger partial charge in [-0.25, -0.2) is 0 Å². The van der Waals surface area contributed by atoms with Crippen molar-refractivity contribution in [1.29, 1.82) is 0 Å². The summed E-state index contributed by atoms with van der Waals surface area (Å²) < 4.78 is 1.28. The smallest absolute Gasteiger partial charge is 0.339 e. The van der Waals surface area contributed by atoms with E-state index < -0.39 is 7.32 Å². The molecule has 0 fully saturated rings. The van der Waals surface area contributed by atoms with Gasteiger partial charge in [-0.05, 0) is 27.7 Å². The zero-order valence-corrected chi connectivity index (χ0v) is 10.8. The molecule has 112 valence electrons. The van der Waals surface area contributed by atoms with Crippen LogP contribution in [0.15, 0.2) is 0 Å². The van der Waals surface area contributed by atoms with Gasteiger partial charge in [-0.3, -0.25) is 18.8 Å². The van der Waals surface area contributed by atoms with Gasteiger partial charge in [0.15, 0.2) is 0 Å². The second kappa shape index (κ2) is 21.0. The third kappa shape index (κ3) is 21.5. The molecule has 0 aliphatic heterocycles. The first-order valence-electron chi connectivity index (χ1n) is 4.85. The molecule has 0 amide bonds. The predicted octanol–water partition coefficient (Wildman–Crippen LogP) is -0.191. The van der Waals surface area contributed by atoms with Gasteiger partial charge >= 0.3 is 7.32 Å². The van der Waals surface area contributed by atoms with Gasteiger partial charge in [0.25, 0.3) is 0 Å². The van der Waals surface area contributed by atoms with E-state index in [2.05, 4.69) is 27.7 Å². The van der Waals surface area contributed by atoms with Crippen molar-refractivity contribution in [2.75, 3.05) is 26.2 Å². The van der Waals surface area contributed by atoms with Crippen molar-refractivity contribution < 1.29 is 38.4 Å². The molecule has 9 heteroatoms. The predicted molar refractivity (Wildman–Crippen MR) is 62.6 cm³/mol. The number of nitrogens with zero attached hydrogens (tertiary/aromatic N) is 1. The van der Waals surface area contributed by atoms with E-state index in [4.69, 9.17) is 15.1 Å². The van der Waals surface area contributed by atoms with E-state index in [0.717, 1.165) is 0 Å². The van der Waals surface area contributed by atoms with Crippen LogP contribution in [0.1, 0.15) is 27.7 Å². The van der Waals surface area contributed by atoms with E-state index in [1.165, 1.54) is 30.7 Å². The molecule has 0 aromatic carbocycles. The summed E-state index contributed by atoms with van der Waals surface area (Å²) in [5, 5.41) is 22.8. The van der Waals surface area contributed by atoms with Gasteiger partial charge in [-0.1, -0.05) is 0 Å². The van der Waals surface area contributed by atoms with Crippen LogP contribution in [0.5, 0.6) is 0 Å². The molecule has 0 spiro atoms. The zero-order valence-electron chi connectivity index (χ0n) is 10.8. The molecule has 0 bridgehead atoms. The van der Waals surface area contributed by atoms with Crippen molar-refractivity contribution in [3.63, 3.8) is 0 Å². The molecule has 0 radical (unpaired) electrons. The number of halogens is 4. The molecule has 17 heavy (non-hydrogen) atoms. The molecule has 0 aromatic rings. The molecular formula is C8H26BF4NO3. The summed E-state index contributed by atoms with van der Waals surface area (Å²) in [7, 11) is -2.42. The molecular weight excluding hydrogens is 245 g/mol. The topological polar surface area (TPSA) is 63.5 Å². The van der Waals surface area contributed by atoms with Gasteiger partial charge in [0, 0.05) is 0 Å². The van der Waals surface area contributed by atoms with Gasteiger partial charge in [-0.2, -0.15) is 0 Å². The fourth-order valence-electron chi connectivity index (χ4n) is 1.34. The second-order valence-electron chi connectivity index (χ2n) is 2.93. The maximum absolute atomic E-state index is 8.64. The summed E-state index contributed by atoms with van der Waals surface area (Å²) in [5.41, 5.74) is 0. The van der Waals surface area contributed by atoms with Gasteiger partial charge < -0.3 is 19.6 Å². The lowest BCUT2D eigenvalue weighted by Gasteiger charge is -2.34. The molecule has 0 saturated carbocycles. The van der Waals surface area contributed by atoms with Crippen molar-refractivity contribution in [2.24, 2.45) is 0 Å². The molecule has 0 saturated heterocycles. The molecule has 2 N–H and O–H groups in total. The largest absolute Gasteiger partial charge is 0.832 e. The Balaban J connectivity index is -0.0000000338. The quantitative estimate of drug-likeness (QED) is 0.423. The molecule has 0 unspecified atom stereocenters. The van der Waals surface area contributed by atoms with Crippen molar-refractivity contribution in [3.8, 4) is 0 Å². The van der Waals surface area contributed by atoms with Crippen molar-refractivity contribution in [1.82, 2.24) is 0 Å². The molecule has 0 heterocycles. The summed E-state index contributed by atoms with van der Waals surface area (Å²) in [4.78, 5) is 0. The van der Waals surface area contributed by atoms with E-state index in [0.29, 0.717) is 0 Å². The minimum atomic E-state index is -2.42. The Hall–Kier alpha value is -0.375. The fraction of sp³-hybridized carbons (Fsp3) is 1.00. The molecule has 0 rings (SSSR count). The third-order valence-electron chi connectivity index (χ3n) is 2.68. The summed E-state index contributed by atoms with van der Waals surface area (Å²) in [6.45, 7) is 14.2. The van der Waals surface area contributed by atoms with Crippen LogP contribution in [0.25, 0.3) is 0 Å². The highest BCUT2D eigenvalue weighted by atomic mass is 19.0. The summed E-state index contributed by atoms with van der Waals surface area (Å²) in [6.07, 6.45) is 0. The highest BCUT2D eigenvalue weighted by Gasteiger charge is 2.16. The standard InChI is InChI=1S/C8H20N.BH2O3.4FH/c1-5-9(6-2,7-3)8-4;2-1(3)4;;;;/h5-8H2,1-4H3;2-3H;4*1H/q+1;-1;;;;. The van der Waals surface area contributed by atoms with E-state index >= 15 is 0 Å². The van der Waals surface area contributed by atoms with Crippen LogP contribution >= 0.6 is 0 Å². The third-order valence-corrected chi connectivity index (χ3v) is 2.68. The van der Waals surface area contributed by atoms with E-state index in [1.807, 2.05) is 0 Å². The fourth-order valence-corrected chi connectivity index (χ4v) is 1.34. The Bertz CT molecular complexity index is 101. The lowest BCUT2D eigenvalue weighted by molar-refractivity contribution is -0.921. The summed E-state index contributed by atoms with van der Waals surface area (Å²) >= 11 is 0. The lowest BCUT2D eigenvalue weighted by Crippen LogP contribution is -2.47. The average molecular weight is 271 g/mol. The maximum Gasteiger partial charge on any atom is 0.339 e. The summed E-state index contributed by atoms with van der Waals surface area (Å²) in [5.74, 6) is 0. The normalized spacial score (nSPS) is 7.94. The maximum atomic E-state index is 8.64. The minimum absolute atomic E-state index is 0. The van der Waals surface area contributed by atoms with Crippen LogP contribution in [-0.4, -0.2) is 48.0 Å². The van der Waals surface area contributed by atoms with Crippen LogP contribution in [0.4, 0.5) is 18.8 Å². The van der Waals surface area contributed by atoms with E-state index in [-0.39, 0.29) is 18.8 Å². The Morgan fingerprint density at radius 1 is 0.765 bits per heavy atom. The molecule has 0 atom stereocenters. The van der Waals surface area contributed by atoms with E-state index in [9.17, 15) is 0 Å². The molecule has 0 aliphatic rings. The molecule has 0 aromatic heterocycles. The van der Waals surface area contributed by atoms with Crippen LogP contribution in [0.3, 0.4) is 0 Å². The minimum Gasteiger partial charge on any atom is -0.832 e. The van der Waals surface area contributed by atoms with Crippen LogP contribution in [0.2, 0.25) is 0 Å². The van der Waals surface area contributed by atoms with Gasteiger partial charge in [0.1, 0.15) is 0 Å². The highest BCUT2D eigenvalue weighted by Crippen LogP contribution is 2.03. The monoisotopic (exact) mass is 271 g/mol.